The number of ether oxygens (including phenoxy) is 1. The first kappa shape index (κ1) is 24.0. The van der Waals surface area contributed by atoms with Crippen LogP contribution >= 0.6 is 0 Å². The van der Waals surface area contributed by atoms with E-state index < -0.39 is 14.9 Å². The molecule has 30 heavy (non-hydrogen) atoms. The minimum Gasteiger partial charge on any atom is -0.379 e. The van der Waals surface area contributed by atoms with Gasteiger partial charge in [0.25, 0.3) is 5.69 Å². The lowest BCUT2D eigenvalue weighted by molar-refractivity contribution is -0.385. The summed E-state index contributed by atoms with van der Waals surface area (Å²) in [6.45, 7) is 9.01. The summed E-state index contributed by atoms with van der Waals surface area (Å²) in [6.07, 6.45) is 0. The number of rotatable bonds is 10. The molecule has 1 aliphatic rings. The summed E-state index contributed by atoms with van der Waals surface area (Å²) in [5.74, 6) is 0.604. The summed E-state index contributed by atoms with van der Waals surface area (Å²) in [5, 5.41) is 17.1. The predicted molar refractivity (Wildman–Crippen MR) is 114 cm³/mol. The van der Waals surface area contributed by atoms with Crippen LogP contribution in [-0.2, 0) is 14.8 Å². The largest absolute Gasteiger partial charge is 0.379 e. The van der Waals surface area contributed by atoms with Crippen molar-refractivity contribution in [1.82, 2.24) is 20.3 Å². The predicted octanol–water partition coefficient (Wildman–Crippen LogP) is 0.149. The van der Waals surface area contributed by atoms with Gasteiger partial charge in [-0.3, -0.25) is 20.0 Å². The van der Waals surface area contributed by atoms with Crippen LogP contribution in [-0.4, -0.2) is 82.7 Å². The molecular weight excluding hydrogens is 412 g/mol. The average Bonchev–Trinajstić information content (AvgIpc) is 2.75. The molecule has 0 bridgehead atoms. The first-order valence-electron chi connectivity index (χ1n) is 9.91. The van der Waals surface area contributed by atoms with Gasteiger partial charge < -0.3 is 15.4 Å². The molecule has 1 heterocycles. The van der Waals surface area contributed by atoms with Gasteiger partial charge in [-0.2, -0.15) is 0 Å². The van der Waals surface area contributed by atoms with Gasteiger partial charge in [0.15, 0.2) is 5.96 Å². The van der Waals surface area contributed by atoms with E-state index in [-0.39, 0.29) is 23.2 Å². The number of morpholine rings is 1. The molecule has 1 aromatic rings. The Morgan fingerprint density at radius 2 is 2.03 bits per heavy atom. The molecule has 168 valence electrons. The molecule has 0 amide bonds. The fraction of sp³-hybridized carbons (Fsp3) is 0.611. The van der Waals surface area contributed by atoms with Crippen LogP contribution in [0.25, 0.3) is 0 Å². The van der Waals surface area contributed by atoms with Crippen molar-refractivity contribution in [1.29, 1.82) is 0 Å². The summed E-state index contributed by atoms with van der Waals surface area (Å²) in [7, 11) is -3.84. The highest BCUT2D eigenvalue weighted by Crippen LogP contribution is 2.16. The Balaban J connectivity index is 1.84. The minimum absolute atomic E-state index is 0.106. The molecule has 0 aliphatic carbocycles. The molecule has 1 atom stereocenters. The second-order valence-electron chi connectivity index (χ2n) is 6.80. The van der Waals surface area contributed by atoms with Gasteiger partial charge in [-0.25, -0.2) is 13.1 Å². The Kier molecular flexibility index (Phi) is 9.43. The van der Waals surface area contributed by atoms with E-state index in [1.54, 1.807) is 0 Å². The normalized spacial score (nSPS) is 16.8. The summed E-state index contributed by atoms with van der Waals surface area (Å²) in [5.41, 5.74) is -0.271. The van der Waals surface area contributed by atoms with Crippen molar-refractivity contribution in [3.63, 3.8) is 0 Å². The van der Waals surface area contributed by atoms with E-state index in [2.05, 4.69) is 32.2 Å². The molecule has 0 spiro atoms. The number of benzene rings is 1. The number of non-ortho nitro benzene ring substituents is 1. The smallest absolute Gasteiger partial charge is 0.270 e. The van der Waals surface area contributed by atoms with Crippen molar-refractivity contribution in [3.8, 4) is 0 Å². The monoisotopic (exact) mass is 442 g/mol. The van der Waals surface area contributed by atoms with Crippen LogP contribution in [0.3, 0.4) is 0 Å². The summed E-state index contributed by atoms with van der Waals surface area (Å²) < 4.78 is 32.5. The van der Waals surface area contributed by atoms with Crippen LogP contribution in [0.5, 0.6) is 0 Å². The second kappa shape index (κ2) is 11.8. The molecule has 3 N–H and O–H groups in total. The molecule has 11 nitrogen and oxygen atoms in total. The third-order valence-electron chi connectivity index (χ3n) is 4.58. The number of guanidine groups is 1. The standard InChI is InChI=1S/C18H30N6O5S/c1-3-19-18(21-14-15(2)23-9-11-29-12-10-23)20-7-8-22-30(27,28)17-6-4-5-16(13-17)24(25)26/h4-6,13,15,22H,3,7-12,14H2,1-2H3,(H2,19,20,21). The quantitative estimate of drug-likeness (QED) is 0.153. The van der Waals surface area contributed by atoms with Crippen LogP contribution in [0.2, 0.25) is 0 Å². The number of nitrogens with one attached hydrogen (secondary N) is 3. The van der Waals surface area contributed by atoms with E-state index in [1.165, 1.54) is 18.2 Å². The third kappa shape index (κ3) is 7.52. The molecule has 1 aliphatic heterocycles. The number of hydrogen-bond acceptors (Lipinski definition) is 7. The zero-order valence-corrected chi connectivity index (χ0v) is 18.2. The molecule has 0 saturated carbocycles. The molecule has 1 aromatic carbocycles. The SMILES string of the molecule is CCNC(=NCC(C)N1CCOCC1)NCCNS(=O)(=O)c1cccc([N+](=O)[O-])c1. The first-order valence-corrected chi connectivity index (χ1v) is 11.4. The van der Waals surface area contributed by atoms with Crippen molar-refractivity contribution >= 4 is 21.7 Å². The number of nitro benzene ring substituents is 1. The first-order chi connectivity index (χ1) is 14.3. The Labute approximate surface area is 177 Å². The van der Waals surface area contributed by atoms with Gasteiger partial charge in [0.1, 0.15) is 0 Å². The number of nitrogens with zero attached hydrogens (tertiary/aromatic N) is 3. The van der Waals surface area contributed by atoms with E-state index >= 15 is 0 Å². The lowest BCUT2D eigenvalue weighted by Gasteiger charge is -2.31. The summed E-state index contributed by atoms with van der Waals surface area (Å²) in [6, 6.07) is 5.22. The molecule has 2 rings (SSSR count). The topological polar surface area (TPSA) is 138 Å². The van der Waals surface area contributed by atoms with Gasteiger partial charge in [0, 0.05) is 50.9 Å². The lowest BCUT2D eigenvalue weighted by Crippen LogP contribution is -2.45. The van der Waals surface area contributed by atoms with Crippen molar-refractivity contribution in [2.75, 3.05) is 52.5 Å². The van der Waals surface area contributed by atoms with Gasteiger partial charge in [0.05, 0.1) is 29.6 Å². The lowest BCUT2D eigenvalue weighted by atomic mass is 10.2. The van der Waals surface area contributed by atoms with Gasteiger partial charge in [-0.05, 0) is 19.9 Å². The molecule has 1 fully saturated rings. The fourth-order valence-electron chi connectivity index (χ4n) is 2.91. The van der Waals surface area contributed by atoms with Crippen LogP contribution in [0.1, 0.15) is 13.8 Å². The average molecular weight is 443 g/mol. The van der Waals surface area contributed by atoms with Gasteiger partial charge >= 0.3 is 0 Å². The second-order valence-corrected chi connectivity index (χ2v) is 8.56. The van der Waals surface area contributed by atoms with Crippen LogP contribution in [0.4, 0.5) is 5.69 Å². The maximum Gasteiger partial charge on any atom is 0.270 e. The van der Waals surface area contributed by atoms with Crippen molar-refractivity contribution < 1.29 is 18.1 Å². The van der Waals surface area contributed by atoms with Crippen LogP contribution in [0.15, 0.2) is 34.2 Å². The van der Waals surface area contributed by atoms with Gasteiger partial charge in [-0.15, -0.1) is 0 Å². The molecule has 0 radical (unpaired) electrons. The number of aliphatic imine (C=N–C) groups is 1. The van der Waals surface area contributed by atoms with E-state index in [9.17, 15) is 18.5 Å². The highest BCUT2D eigenvalue weighted by Gasteiger charge is 2.18. The summed E-state index contributed by atoms with van der Waals surface area (Å²) in [4.78, 5) is 17.0. The van der Waals surface area contributed by atoms with E-state index in [1.807, 2.05) is 6.92 Å². The van der Waals surface area contributed by atoms with Gasteiger partial charge in [0.2, 0.25) is 10.0 Å². The minimum atomic E-state index is -3.84. The van der Waals surface area contributed by atoms with E-state index in [0.717, 1.165) is 32.4 Å². The zero-order chi connectivity index (χ0) is 22.0. The zero-order valence-electron chi connectivity index (χ0n) is 17.3. The Hall–Kier alpha value is -2.28. The van der Waals surface area contributed by atoms with Gasteiger partial charge in [-0.1, -0.05) is 6.07 Å². The molecular formula is C18H30N6O5S. The Morgan fingerprint density at radius 1 is 1.30 bits per heavy atom. The van der Waals surface area contributed by atoms with Crippen LogP contribution < -0.4 is 15.4 Å². The van der Waals surface area contributed by atoms with E-state index in [4.69, 9.17) is 4.74 Å². The maximum absolute atomic E-state index is 12.3. The molecule has 12 heteroatoms. The number of sulfonamides is 1. The van der Waals surface area contributed by atoms with Crippen LogP contribution in [0, 0.1) is 10.1 Å². The summed E-state index contributed by atoms with van der Waals surface area (Å²) >= 11 is 0. The third-order valence-corrected chi connectivity index (χ3v) is 6.03. The maximum atomic E-state index is 12.3. The van der Waals surface area contributed by atoms with Crippen molar-refractivity contribution in [2.45, 2.75) is 24.8 Å². The highest BCUT2D eigenvalue weighted by atomic mass is 32.2. The molecule has 1 unspecified atom stereocenters. The van der Waals surface area contributed by atoms with Crippen molar-refractivity contribution in [3.05, 3.63) is 34.4 Å². The highest BCUT2D eigenvalue weighted by molar-refractivity contribution is 7.89. The molecule has 0 aromatic heterocycles. The number of nitro groups is 1. The number of hydrogen-bond donors (Lipinski definition) is 3. The Morgan fingerprint density at radius 3 is 2.70 bits per heavy atom. The fourth-order valence-corrected chi connectivity index (χ4v) is 3.98. The van der Waals surface area contributed by atoms with E-state index in [0.29, 0.717) is 25.6 Å². The van der Waals surface area contributed by atoms with Crippen molar-refractivity contribution in [2.24, 2.45) is 4.99 Å². The molecule has 1 saturated heterocycles. The Bertz CT molecular complexity index is 826.